The van der Waals surface area contributed by atoms with Gasteiger partial charge in [0, 0.05) is 32.8 Å². The van der Waals surface area contributed by atoms with Crippen LogP contribution in [0.4, 0.5) is 0 Å². The summed E-state index contributed by atoms with van der Waals surface area (Å²) in [7, 11) is 0. The van der Waals surface area contributed by atoms with Crippen molar-refractivity contribution in [2.24, 2.45) is 0 Å². The molecule has 222 valence electrons. The Bertz CT molecular complexity index is 2750. The highest BCUT2D eigenvalue weighted by atomic mass is 15.0. The first-order valence-electron chi connectivity index (χ1n) is 15.9. The normalized spacial score (nSPS) is 11.3. The lowest BCUT2D eigenvalue weighted by molar-refractivity contribution is 1.18. The Kier molecular flexibility index (Phi) is 6.22. The van der Waals surface area contributed by atoms with Crippen LogP contribution < -0.4 is 0 Å². The third kappa shape index (κ3) is 4.07. The van der Waals surface area contributed by atoms with Crippen molar-refractivity contribution < 1.29 is 0 Å². The Hall–Kier alpha value is -6.88. The van der Waals surface area contributed by atoms with E-state index in [-0.39, 0.29) is 0 Å². The summed E-state index contributed by atoms with van der Waals surface area (Å²) >= 11 is 0. The second kappa shape index (κ2) is 10.9. The van der Waals surface area contributed by atoms with E-state index in [0.717, 1.165) is 55.4 Å². The van der Waals surface area contributed by atoms with Gasteiger partial charge in [0.25, 0.3) is 0 Å². The number of fused-ring (bicyclic) bond motifs is 6. The second-order valence-electron chi connectivity index (χ2n) is 12.0. The molecule has 9 rings (SSSR count). The Labute approximate surface area is 277 Å². The summed E-state index contributed by atoms with van der Waals surface area (Å²) in [6, 6.07) is 58.9. The molecule has 0 aliphatic heterocycles. The lowest BCUT2D eigenvalue weighted by Crippen LogP contribution is -2.00. The predicted octanol–water partition coefficient (Wildman–Crippen LogP) is 11.0. The van der Waals surface area contributed by atoms with Crippen LogP contribution in [0.1, 0.15) is 11.1 Å². The maximum atomic E-state index is 10.2. The first kappa shape index (κ1) is 27.4. The van der Waals surface area contributed by atoms with Crippen LogP contribution in [0.2, 0.25) is 0 Å². The average molecular weight is 611 g/mol. The number of nitrogens with zero attached hydrogens (tertiary/aromatic N) is 4. The number of hydrogen-bond acceptors (Lipinski definition) is 2. The number of hydrogen-bond donors (Lipinski definition) is 0. The van der Waals surface area contributed by atoms with Crippen LogP contribution in [0.5, 0.6) is 0 Å². The van der Waals surface area contributed by atoms with Crippen molar-refractivity contribution in [3.63, 3.8) is 0 Å². The molecule has 4 nitrogen and oxygen atoms in total. The maximum Gasteiger partial charge on any atom is 0.101 e. The van der Waals surface area contributed by atoms with Crippen LogP contribution >= 0.6 is 0 Å². The zero-order valence-electron chi connectivity index (χ0n) is 25.8. The molecule has 7 aromatic carbocycles. The molecular formula is C44H26N4. The fraction of sp³-hybridized carbons (Fsp3) is 0. The summed E-state index contributed by atoms with van der Waals surface area (Å²) in [5, 5.41) is 24.8. The summed E-state index contributed by atoms with van der Waals surface area (Å²) < 4.78 is 4.52. The maximum absolute atomic E-state index is 10.2. The molecule has 0 saturated heterocycles. The Morgan fingerprint density at radius 2 is 1.00 bits per heavy atom. The first-order valence-corrected chi connectivity index (χ1v) is 15.9. The minimum Gasteiger partial charge on any atom is -0.309 e. The quantitative estimate of drug-likeness (QED) is 0.199. The first-order chi connectivity index (χ1) is 23.7. The molecule has 0 amide bonds. The molecule has 0 N–H and O–H groups in total. The molecule has 4 heteroatoms. The van der Waals surface area contributed by atoms with E-state index in [2.05, 4.69) is 124 Å². The number of nitriles is 2. The molecule has 2 aromatic heterocycles. The monoisotopic (exact) mass is 610 g/mol. The van der Waals surface area contributed by atoms with Gasteiger partial charge in [-0.3, -0.25) is 0 Å². The Morgan fingerprint density at radius 1 is 0.417 bits per heavy atom. The standard InChI is InChI=1S/C44H26N4/c45-27-29-20-25-33(30-21-23-32(24-22-30)47-40-16-5-1-11-34(40)35-12-2-6-17-41(35)47)39(26-29)37-14-4-8-19-43(37)48-42-18-7-3-13-36(42)38-15-9-10-31(28-46)44(38)48/h1-26H. The molecule has 0 aliphatic rings. The largest absolute Gasteiger partial charge is 0.309 e. The molecule has 2 heterocycles. The fourth-order valence-corrected chi connectivity index (χ4v) is 7.33. The van der Waals surface area contributed by atoms with Gasteiger partial charge < -0.3 is 9.13 Å². The summed E-state index contributed by atoms with van der Waals surface area (Å²) in [6.07, 6.45) is 0. The van der Waals surface area contributed by atoms with Crippen LogP contribution in [0.25, 0.3) is 77.2 Å². The van der Waals surface area contributed by atoms with E-state index in [1.165, 1.54) is 21.8 Å². The number of para-hydroxylation sites is 5. The van der Waals surface area contributed by atoms with Gasteiger partial charge in [-0.2, -0.15) is 10.5 Å². The van der Waals surface area contributed by atoms with E-state index in [9.17, 15) is 10.5 Å². The highest BCUT2D eigenvalue weighted by molar-refractivity contribution is 6.12. The highest BCUT2D eigenvalue weighted by Gasteiger charge is 2.20. The summed E-state index contributed by atoms with van der Waals surface area (Å²) in [5.74, 6) is 0. The van der Waals surface area contributed by atoms with Crippen LogP contribution in [-0.4, -0.2) is 9.13 Å². The van der Waals surface area contributed by atoms with Gasteiger partial charge in [-0.1, -0.05) is 103 Å². The summed E-state index contributed by atoms with van der Waals surface area (Å²) in [6.45, 7) is 0. The van der Waals surface area contributed by atoms with Gasteiger partial charge >= 0.3 is 0 Å². The number of rotatable bonds is 4. The molecular weight excluding hydrogens is 585 g/mol. The van der Waals surface area contributed by atoms with Gasteiger partial charge in [-0.25, -0.2) is 0 Å². The predicted molar refractivity (Wildman–Crippen MR) is 195 cm³/mol. The Balaban J connectivity index is 1.25. The van der Waals surface area contributed by atoms with E-state index in [4.69, 9.17) is 0 Å². The van der Waals surface area contributed by atoms with Crippen molar-refractivity contribution in [3.05, 3.63) is 169 Å². The fourth-order valence-electron chi connectivity index (χ4n) is 7.33. The molecule has 0 spiro atoms. The van der Waals surface area contributed by atoms with Crippen molar-refractivity contribution in [2.45, 2.75) is 0 Å². The smallest absolute Gasteiger partial charge is 0.101 e. The van der Waals surface area contributed by atoms with Crippen LogP contribution in [0.3, 0.4) is 0 Å². The molecule has 0 radical (unpaired) electrons. The van der Waals surface area contributed by atoms with Crippen LogP contribution in [0, 0.1) is 22.7 Å². The third-order valence-electron chi connectivity index (χ3n) is 9.42. The van der Waals surface area contributed by atoms with Crippen molar-refractivity contribution in [1.29, 1.82) is 10.5 Å². The van der Waals surface area contributed by atoms with Gasteiger partial charge in [0.15, 0.2) is 0 Å². The lowest BCUT2D eigenvalue weighted by Gasteiger charge is -2.18. The molecule has 48 heavy (non-hydrogen) atoms. The average Bonchev–Trinajstić information content (AvgIpc) is 3.68. The molecule has 0 saturated carbocycles. The molecule has 9 aromatic rings. The van der Waals surface area contributed by atoms with Gasteiger partial charge in [-0.05, 0) is 71.3 Å². The van der Waals surface area contributed by atoms with Crippen LogP contribution in [-0.2, 0) is 0 Å². The zero-order chi connectivity index (χ0) is 32.2. The van der Waals surface area contributed by atoms with Gasteiger partial charge in [-0.15, -0.1) is 0 Å². The minimum atomic E-state index is 0.588. The van der Waals surface area contributed by atoms with Crippen LogP contribution in [0.15, 0.2) is 158 Å². The van der Waals surface area contributed by atoms with Gasteiger partial charge in [0.05, 0.1) is 45.0 Å². The molecule has 0 fully saturated rings. The van der Waals surface area contributed by atoms with Gasteiger partial charge in [0.2, 0.25) is 0 Å². The highest BCUT2D eigenvalue weighted by Crippen LogP contribution is 2.41. The second-order valence-corrected chi connectivity index (χ2v) is 12.0. The zero-order valence-corrected chi connectivity index (χ0v) is 25.8. The summed E-state index contributed by atoms with van der Waals surface area (Å²) in [4.78, 5) is 0. The molecule has 0 unspecified atom stereocenters. The lowest BCUT2D eigenvalue weighted by atomic mass is 9.91. The summed E-state index contributed by atoms with van der Waals surface area (Å²) in [5.41, 5.74) is 11.5. The topological polar surface area (TPSA) is 57.4 Å². The number of benzene rings is 7. The molecule has 0 bridgehead atoms. The van der Waals surface area contributed by atoms with E-state index in [0.29, 0.717) is 11.1 Å². The molecule has 0 aliphatic carbocycles. The van der Waals surface area contributed by atoms with Gasteiger partial charge in [0.1, 0.15) is 6.07 Å². The van der Waals surface area contributed by atoms with Crippen molar-refractivity contribution in [3.8, 4) is 45.8 Å². The molecule has 0 atom stereocenters. The minimum absolute atomic E-state index is 0.588. The van der Waals surface area contributed by atoms with E-state index in [1.54, 1.807) is 0 Å². The van der Waals surface area contributed by atoms with E-state index in [1.807, 2.05) is 54.6 Å². The third-order valence-corrected chi connectivity index (χ3v) is 9.42. The van der Waals surface area contributed by atoms with Crippen molar-refractivity contribution in [2.75, 3.05) is 0 Å². The SMILES string of the molecule is N#Cc1ccc(-c2ccc(-n3c4ccccc4c4ccccc43)cc2)c(-c2ccccc2-n2c3ccccc3c3cccc(C#N)c32)c1. The van der Waals surface area contributed by atoms with Crippen molar-refractivity contribution >= 4 is 43.6 Å². The number of aromatic nitrogens is 2. The van der Waals surface area contributed by atoms with E-state index < -0.39 is 0 Å². The van der Waals surface area contributed by atoms with Crippen molar-refractivity contribution in [1.82, 2.24) is 9.13 Å². The van der Waals surface area contributed by atoms with E-state index >= 15 is 0 Å². The Morgan fingerprint density at radius 3 is 1.67 bits per heavy atom.